The number of aromatic amines is 1. The van der Waals surface area contributed by atoms with Crippen LogP contribution in [0.5, 0.6) is 0 Å². The second-order valence-electron chi connectivity index (χ2n) is 7.10. The molecule has 7 heteroatoms. The lowest BCUT2D eigenvalue weighted by Crippen LogP contribution is -2.26. The number of thiazole rings is 1. The van der Waals surface area contributed by atoms with Crippen LogP contribution < -0.4 is 5.32 Å². The Morgan fingerprint density at radius 2 is 2.12 bits per heavy atom. The summed E-state index contributed by atoms with van der Waals surface area (Å²) in [6.07, 6.45) is 1.27. The topological polar surface area (TPSA) is 74.8 Å². The number of benzene rings is 1. The lowest BCUT2D eigenvalue weighted by molar-refractivity contribution is 0.0915. The van der Waals surface area contributed by atoms with E-state index < -0.39 is 0 Å². The molecule has 1 aromatic carbocycles. The molecule has 2 aromatic heterocycles. The number of nitrogens with zero attached hydrogens (tertiary/aromatic N) is 1. The Morgan fingerprint density at radius 1 is 1.32 bits per heavy atom. The summed E-state index contributed by atoms with van der Waals surface area (Å²) in [5.74, 6) is -0.148. The molecule has 2 N–H and O–H groups in total. The van der Waals surface area contributed by atoms with Crippen molar-refractivity contribution in [2.24, 2.45) is 5.41 Å². The number of halogens is 1. The zero-order valence-electron chi connectivity index (χ0n) is 13.8. The maximum Gasteiger partial charge on any atom is 0.273 e. The second-order valence-corrected chi connectivity index (χ2v) is 9.02. The molecule has 0 radical (unpaired) electrons. The third kappa shape index (κ3) is 3.14. The Labute approximate surface area is 157 Å². The predicted molar refractivity (Wildman–Crippen MR) is 102 cm³/mol. The van der Waals surface area contributed by atoms with Crippen LogP contribution in [0.15, 0.2) is 28.7 Å². The van der Waals surface area contributed by atoms with Gasteiger partial charge in [-0.25, -0.2) is 4.98 Å². The van der Waals surface area contributed by atoms with Gasteiger partial charge in [-0.1, -0.05) is 47.2 Å². The van der Waals surface area contributed by atoms with Crippen LogP contribution in [0.2, 0.25) is 0 Å². The summed E-state index contributed by atoms with van der Waals surface area (Å²) in [6.45, 7) is 4.13. The first-order valence-corrected chi connectivity index (χ1v) is 9.54. The fourth-order valence-electron chi connectivity index (χ4n) is 3.16. The number of anilines is 1. The van der Waals surface area contributed by atoms with Crippen LogP contribution in [0.1, 0.15) is 46.1 Å². The summed E-state index contributed by atoms with van der Waals surface area (Å²) in [7, 11) is 0. The van der Waals surface area contributed by atoms with Gasteiger partial charge in [0.15, 0.2) is 10.9 Å². The minimum absolute atomic E-state index is 0.0794. The number of carbonyl (C=O) groups excluding carboxylic acids is 2. The van der Waals surface area contributed by atoms with Gasteiger partial charge in [-0.05, 0) is 30.0 Å². The number of Topliss-reactive ketones (excluding diaryl/α,β-unsaturated/α-hetero) is 1. The number of ketones is 1. The lowest BCUT2D eigenvalue weighted by Gasteiger charge is -2.26. The molecule has 2 heterocycles. The van der Waals surface area contributed by atoms with Crippen LogP contribution in [0, 0.1) is 5.41 Å². The Hall–Kier alpha value is -1.99. The summed E-state index contributed by atoms with van der Waals surface area (Å²) < 4.78 is 0.947. The van der Waals surface area contributed by atoms with Gasteiger partial charge in [-0.15, -0.1) is 0 Å². The first-order valence-electron chi connectivity index (χ1n) is 7.93. The first-order chi connectivity index (χ1) is 11.8. The van der Waals surface area contributed by atoms with Crippen molar-refractivity contribution in [3.8, 4) is 0 Å². The lowest BCUT2D eigenvalue weighted by atomic mass is 9.78. The third-order valence-electron chi connectivity index (χ3n) is 4.29. The van der Waals surface area contributed by atoms with Crippen molar-refractivity contribution in [3.05, 3.63) is 45.0 Å². The van der Waals surface area contributed by atoms with Crippen molar-refractivity contribution in [3.63, 3.8) is 0 Å². The average Bonchev–Trinajstić information content (AvgIpc) is 3.09. The molecule has 0 saturated heterocycles. The van der Waals surface area contributed by atoms with Crippen molar-refractivity contribution in [1.29, 1.82) is 0 Å². The second kappa shape index (κ2) is 5.78. The van der Waals surface area contributed by atoms with Crippen molar-refractivity contribution >= 4 is 55.0 Å². The molecule has 4 rings (SSSR count). The number of nitrogens with one attached hydrogen (secondary N) is 2. The van der Waals surface area contributed by atoms with Gasteiger partial charge in [-0.3, -0.25) is 14.9 Å². The summed E-state index contributed by atoms with van der Waals surface area (Å²) >= 11 is 4.68. The molecule has 0 saturated carbocycles. The molecule has 0 bridgehead atoms. The number of fused-ring (bicyclic) bond motifs is 2. The molecule has 128 valence electrons. The van der Waals surface area contributed by atoms with Crippen LogP contribution in [-0.4, -0.2) is 21.7 Å². The SMILES string of the molecule is CC1(C)CC(=O)c2sc(NC(=O)c3cc4ccc(Br)cc4[nH]3)nc2C1. The van der Waals surface area contributed by atoms with Gasteiger partial charge in [0.2, 0.25) is 0 Å². The van der Waals surface area contributed by atoms with Gasteiger partial charge in [0.05, 0.1) is 10.6 Å². The van der Waals surface area contributed by atoms with E-state index in [-0.39, 0.29) is 17.1 Å². The van der Waals surface area contributed by atoms with Crippen LogP contribution in [0.3, 0.4) is 0 Å². The van der Waals surface area contributed by atoms with Gasteiger partial charge < -0.3 is 4.98 Å². The predicted octanol–water partition coefficient (Wildman–Crippen LogP) is 4.79. The van der Waals surface area contributed by atoms with Gasteiger partial charge in [0.1, 0.15) is 5.69 Å². The molecular weight excluding hydrogens is 402 g/mol. The summed E-state index contributed by atoms with van der Waals surface area (Å²) in [5.41, 5.74) is 2.06. The Bertz CT molecular complexity index is 1020. The number of hydrogen-bond donors (Lipinski definition) is 2. The fourth-order valence-corrected chi connectivity index (χ4v) is 4.44. The zero-order valence-corrected chi connectivity index (χ0v) is 16.2. The normalized spacial score (nSPS) is 16.0. The number of H-pyrrole nitrogens is 1. The molecule has 1 aliphatic carbocycles. The van der Waals surface area contributed by atoms with Crippen LogP contribution in [0.25, 0.3) is 10.9 Å². The van der Waals surface area contributed by atoms with E-state index in [9.17, 15) is 9.59 Å². The molecule has 0 fully saturated rings. The smallest absolute Gasteiger partial charge is 0.273 e. The van der Waals surface area contributed by atoms with Crippen molar-refractivity contribution in [2.45, 2.75) is 26.7 Å². The largest absolute Gasteiger partial charge is 0.350 e. The molecular formula is C18H16BrN3O2S. The van der Waals surface area contributed by atoms with E-state index in [1.807, 2.05) is 18.2 Å². The molecule has 0 aliphatic heterocycles. The Balaban J connectivity index is 1.59. The Morgan fingerprint density at radius 3 is 2.92 bits per heavy atom. The van der Waals surface area contributed by atoms with E-state index in [0.717, 1.165) is 27.5 Å². The number of hydrogen-bond acceptors (Lipinski definition) is 4. The van der Waals surface area contributed by atoms with Gasteiger partial charge in [0.25, 0.3) is 5.91 Å². The minimum atomic E-state index is -0.259. The molecule has 0 atom stereocenters. The molecule has 5 nitrogen and oxygen atoms in total. The zero-order chi connectivity index (χ0) is 17.8. The fraction of sp³-hybridized carbons (Fsp3) is 0.278. The number of carbonyl (C=O) groups is 2. The monoisotopic (exact) mass is 417 g/mol. The van der Waals surface area contributed by atoms with Gasteiger partial charge in [0, 0.05) is 21.8 Å². The molecule has 1 aliphatic rings. The van der Waals surface area contributed by atoms with Crippen molar-refractivity contribution < 1.29 is 9.59 Å². The number of amides is 1. The van der Waals surface area contributed by atoms with Gasteiger partial charge >= 0.3 is 0 Å². The van der Waals surface area contributed by atoms with Crippen molar-refractivity contribution in [2.75, 3.05) is 5.32 Å². The molecule has 0 spiro atoms. The maximum absolute atomic E-state index is 12.5. The molecule has 25 heavy (non-hydrogen) atoms. The highest BCUT2D eigenvalue weighted by Crippen LogP contribution is 2.38. The van der Waals surface area contributed by atoms with E-state index in [2.05, 4.69) is 45.1 Å². The van der Waals surface area contributed by atoms with E-state index in [1.54, 1.807) is 6.07 Å². The highest BCUT2D eigenvalue weighted by Gasteiger charge is 2.34. The van der Waals surface area contributed by atoms with Crippen LogP contribution in [0.4, 0.5) is 5.13 Å². The van der Waals surface area contributed by atoms with Crippen LogP contribution >= 0.6 is 27.3 Å². The first kappa shape index (κ1) is 16.5. The molecule has 1 amide bonds. The maximum atomic E-state index is 12.5. The van der Waals surface area contributed by atoms with Crippen LogP contribution in [-0.2, 0) is 6.42 Å². The van der Waals surface area contributed by atoms with E-state index >= 15 is 0 Å². The Kier molecular flexibility index (Phi) is 3.81. The molecule has 3 aromatic rings. The quantitative estimate of drug-likeness (QED) is 0.628. The standard InChI is InChI=1S/C18H16BrN3O2S/c1-18(2)7-13-15(14(23)8-18)25-17(21-13)22-16(24)12-5-9-3-4-10(19)6-11(9)20-12/h3-6,20H,7-8H2,1-2H3,(H,21,22,24). The average molecular weight is 418 g/mol. The highest BCUT2D eigenvalue weighted by molar-refractivity contribution is 9.10. The minimum Gasteiger partial charge on any atom is -0.350 e. The number of rotatable bonds is 2. The van der Waals surface area contributed by atoms with E-state index in [0.29, 0.717) is 22.1 Å². The summed E-state index contributed by atoms with van der Waals surface area (Å²) in [4.78, 5) is 33.0. The van der Waals surface area contributed by atoms with Crippen molar-refractivity contribution in [1.82, 2.24) is 9.97 Å². The summed E-state index contributed by atoms with van der Waals surface area (Å²) in [6, 6.07) is 7.60. The summed E-state index contributed by atoms with van der Waals surface area (Å²) in [5, 5.41) is 4.25. The van der Waals surface area contributed by atoms with E-state index in [1.165, 1.54) is 11.3 Å². The van der Waals surface area contributed by atoms with E-state index in [4.69, 9.17) is 0 Å². The third-order valence-corrected chi connectivity index (χ3v) is 5.83. The molecule has 0 unspecified atom stereocenters. The van der Waals surface area contributed by atoms with Gasteiger partial charge in [-0.2, -0.15) is 0 Å². The number of aromatic nitrogens is 2. The highest BCUT2D eigenvalue weighted by atomic mass is 79.9.